The lowest BCUT2D eigenvalue weighted by molar-refractivity contribution is 0.0741. The third-order valence-electron chi connectivity index (χ3n) is 4.40. The number of nitrogens with two attached hydrogens (primary N) is 1. The number of hydrogen-bond acceptors (Lipinski definition) is 4. The van der Waals surface area contributed by atoms with E-state index in [9.17, 15) is 14.0 Å². The van der Waals surface area contributed by atoms with Crippen LogP contribution >= 0.6 is 22.9 Å². The van der Waals surface area contributed by atoms with Crippen molar-refractivity contribution in [2.45, 2.75) is 13.0 Å². The lowest BCUT2D eigenvalue weighted by atomic mass is 10.1. The first-order chi connectivity index (χ1) is 14.5. The Morgan fingerprint density at radius 2 is 1.97 bits per heavy atom. The zero-order chi connectivity index (χ0) is 21.5. The number of rotatable bonds is 8. The summed E-state index contributed by atoms with van der Waals surface area (Å²) in [5, 5.41) is 5.13. The van der Waals surface area contributed by atoms with Crippen LogP contribution in [0.2, 0.25) is 5.02 Å². The molecule has 0 spiro atoms. The Balaban J connectivity index is 1.81. The van der Waals surface area contributed by atoms with Gasteiger partial charge in [0.2, 0.25) is 0 Å². The fraction of sp³-hybridized carbons (Fsp3) is 0.182. The van der Waals surface area contributed by atoms with Gasteiger partial charge in [0.25, 0.3) is 11.8 Å². The van der Waals surface area contributed by atoms with Crippen LogP contribution in [0.5, 0.6) is 0 Å². The highest BCUT2D eigenvalue weighted by Gasteiger charge is 2.18. The lowest BCUT2D eigenvalue weighted by Crippen LogP contribution is -2.32. The largest absolute Gasteiger partial charge is 0.334 e. The van der Waals surface area contributed by atoms with E-state index >= 15 is 0 Å². The van der Waals surface area contributed by atoms with Gasteiger partial charge < -0.3 is 16.0 Å². The maximum Gasteiger partial charge on any atom is 0.265 e. The van der Waals surface area contributed by atoms with Gasteiger partial charge in [-0.25, -0.2) is 4.39 Å². The Morgan fingerprint density at radius 3 is 2.67 bits per heavy atom. The molecule has 0 radical (unpaired) electrons. The maximum absolute atomic E-state index is 13.6. The number of benzene rings is 2. The van der Waals surface area contributed by atoms with Gasteiger partial charge in [-0.05, 0) is 66.4 Å². The SMILES string of the molecule is NCCCN(Cc1cc(NC(=O)c2cccs2)ccc1Cl)C(=O)c1cccc(F)c1. The molecule has 1 aromatic heterocycles. The molecule has 3 aromatic rings. The molecule has 156 valence electrons. The fourth-order valence-corrected chi connectivity index (χ4v) is 3.71. The summed E-state index contributed by atoms with van der Waals surface area (Å²) in [6, 6.07) is 14.2. The van der Waals surface area contributed by atoms with Crippen molar-refractivity contribution in [2.75, 3.05) is 18.4 Å². The van der Waals surface area contributed by atoms with E-state index in [0.717, 1.165) is 0 Å². The summed E-state index contributed by atoms with van der Waals surface area (Å²) in [5.74, 6) is -1.00. The molecule has 3 N–H and O–H groups in total. The van der Waals surface area contributed by atoms with Gasteiger partial charge >= 0.3 is 0 Å². The van der Waals surface area contributed by atoms with Crippen LogP contribution in [0.15, 0.2) is 60.0 Å². The van der Waals surface area contributed by atoms with E-state index in [1.807, 2.05) is 5.38 Å². The highest BCUT2D eigenvalue weighted by molar-refractivity contribution is 7.12. The van der Waals surface area contributed by atoms with Crippen LogP contribution in [0.4, 0.5) is 10.1 Å². The molecule has 0 atom stereocenters. The second-order valence-electron chi connectivity index (χ2n) is 6.62. The molecule has 0 aliphatic heterocycles. The number of carbonyl (C=O) groups is 2. The van der Waals surface area contributed by atoms with Gasteiger partial charge in [0.1, 0.15) is 5.82 Å². The predicted molar refractivity (Wildman–Crippen MR) is 119 cm³/mol. The van der Waals surface area contributed by atoms with Crippen molar-refractivity contribution in [3.63, 3.8) is 0 Å². The maximum atomic E-state index is 13.6. The van der Waals surface area contributed by atoms with Crippen LogP contribution in [-0.2, 0) is 6.54 Å². The number of amides is 2. The van der Waals surface area contributed by atoms with Crippen LogP contribution in [0.3, 0.4) is 0 Å². The minimum Gasteiger partial charge on any atom is -0.334 e. The molecule has 5 nitrogen and oxygen atoms in total. The van der Waals surface area contributed by atoms with Gasteiger partial charge in [-0.3, -0.25) is 9.59 Å². The molecule has 2 aromatic carbocycles. The van der Waals surface area contributed by atoms with Gasteiger partial charge in [0, 0.05) is 29.4 Å². The third-order valence-corrected chi connectivity index (χ3v) is 5.64. The van der Waals surface area contributed by atoms with Gasteiger partial charge in [-0.1, -0.05) is 23.7 Å². The Kier molecular flexibility index (Phi) is 7.57. The van der Waals surface area contributed by atoms with Gasteiger partial charge in [0.15, 0.2) is 0 Å². The van der Waals surface area contributed by atoms with Gasteiger partial charge in [0.05, 0.1) is 4.88 Å². The van der Waals surface area contributed by atoms with E-state index in [-0.39, 0.29) is 23.9 Å². The van der Waals surface area contributed by atoms with Crippen molar-refractivity contribution >= 4 is 40.4 Å². The van der Waals surface area contributed by atoms with E-state index in [1.165, 1.54) is 29.5 Å². The fourth-order valence-electron chi connectivity index (χ4n) is 2.92. The van der Waals surface area contributed by atoms with Crippen molar-refractivity contribution in [1.29, 1.82) is 0 Å². The Labute approximate surface area is 183 Å². The van der Waals surface area contributed by atoms with Crippen molar-refractivity contribution in [3.8, 4) is 0 Å². The highest BCUT2D eigenvalue weighted by Crippen LogP contribution is 2.24. The first-order valence-corrected chi connectivity index (χ1v) is 10.6. The summed E-state index contributed by atoms with van der Waals surface area (Å²) in [4.78, 5) is 27.4. The van der Waals surface area contributed by atoms with Crippen LogP contribution in [-0.4, -0.2) is 29.8 Å². The van der Waals surface area contributed by atoms with Gasteiger partial charge in [-0.15, -0.1) is 11.3 Å². The summed E-state index contributed by atoms with van der Waals surface area (Å²) in [6.07, 6.45) is 0.591. The quantitative estimate of drug-likeness (QED) is 0.523. The zero-order valence-corrected chi connectivity index (χ0v) is 17.7. The van der Waals surface area contributed by atoms with Crippen molar-refractivity contribution in [2.24, 2.45) is 5.73 Å². The van der Waals surface area contributed by atoms with E-state index in [4.69, 9.17) is 17.3 Å². The van der Waals surface area contributed by atoms with E-state index < -0.39 is 5.82 Å². The monoisotopic (exact) mass is 445 g/mol. The molecule has 30 heavy (non-hydrogen) atoms. The number of nitrogens with zero attached hydrogens (tertiary/aromatic N) is 1. The normalized spacial score (nSPS) is 10.6. The minimum atomic E-state index is -0.476. The van der Waals surface area contributed by atoms with Crippen LogP contribution in [0.25, 0.3) is 0 Å². The Hall–Kier alpha value is -2.74. The molecule has 0 saturated heterocycles. The second-order valence-corrected chi connectivity index (χ2v) is 7.97. The molecular weight excluding hydrogens is 425 g/mol. The molecule has 0 saturated carbocycles. The molecule has 1 heterocycles. The van der Waals surface area contributed by atoms with Crippen molar-refractivity contribution < 1.29 is 14.0 Å². The predicted octanol–water partition coefficient (Wildman–Crippen LogP) is 4.78. The Bertz CT molecular complexity index is 1030. The molecule has 0 unspecified atom stereocenters. The highest BCUT2D eigenvalue weighted by atomic mass is 35.5. The number of carbonyl (C=O) groups excluding carboxylic acids is 2. The molecular formula is C22H21ClFN3O2S. The van der Waals surface area contributed by atoms with E-state index in [0.29, 0.717) is 40.7 Å². The zero-order valence-electron chi connectivity index (χ0n) is 16.1. The van der Waals surface area contributed by atoms with Crippen LogP contribution < -0.4 is 11.1 Å². The first kappa shape index (κ1) is 22.0. The molecule has 0 fully saturated rings. The summed E-state index contributed by atoms with van der Waals surface area (Å²) in [5.41, 5.74) is 7.12. The average molecular weight is 446 g/mol. The summed E-state index contributed by atoms with van der Waals surface area (Å²) >= 11 is 7.70. The first-order valence-electron chi connectivity index (χ1n) is 9.36. The molecule has 2 amide bonds. The van der Waals surface area contributed by atoms with E-state index in [1.54, 1.807) is 41.3 Å². The summed E-state index contributed by atoms with van der Waals surface area (Å²) < 4.78 is 13.6. The molecule has 0 bridgehead atoms. The Morgan fingerprint density at radius 1 is 1.13 bits per heavy atom. The smallest absolute Gasteiger partial charge is 0.265 e. The number of nitrogens with one attached hydrogen (secondary N) is 1. The minimum absolute atomic E-state index is 0.205. The molecule has 0 aliphatic carbocycles. The number of anilines is 1. The van der Waals surface area contributed by atoms with Crippen LogP contribution in [0, 0.1) is 5.82 Å². The second kappa shape index (κ2) is 10.3. The van der Waals surface area contributed by atoms with Crippen molar-refractivity contribution in [1.82, 2.24) is 4.90 Å². The van der Waals surface area contributed by atoms with E-state index in [2.05, 4.69) is 5.32 Å². The average Bonchev–Trinajstić information content (AvgIpc) is 3.28. The summed E-state index contributed by atoms with van der Waals surface area (Å²) in [7, 11) is 0. The van der Waals surface area contributed by atoms with Gasteiger partial charge in [-0.2, -0.15) is 0 Å². The third kappa shape index (κ3) is 5.66. The molecule has 3 rings (SSSR count). The lowest BCUT2D eigenvalue weighted by Gasteiger charge is -2.24. The number of hydrogen-bond donors (Lipinski definition) is 2. The van der Waals surface area contributed by atoms with Crippen molar-refractivity contribution in [3.05, 3.63) is 86.8 Å². The number of halogens is 2. The molecule has 0 aliphatic rings. The molecule has 8 heteroatoms. The number of thiophene rings is 1. The standard InChI is InChI=1S/C22H21ClFN3O2S/c23-19-8-7-18(26-21(28)20-6-2-11-30-20)13-16(19)14-27(10-3-9-25)22(29)15-4-1-5-17(24)12-15/h1-2,4-8,11-13H,3,9-10,14,25H2,(H,26,28). The summed E-state index contributed by atoms with van der Waals surface area (Å²) in [6.45, 7) is 1.02. The van der Waals surface area contributed by atoms with Crippen LogP contribution in [0.1, 0.15) is 32.0 Å². The topological polar surface area (TPSA) is 75.4 Å².